The van der Waals surface area contributed by atoms with Crippen molar-refractivity contribution in [3.05, 3.63) is 0 Å². The lowest BCUT2D eigenvalue weighted by molar-refractivity contribution is -0.315. The van der Waals surface area contributed by atoms with Gasteiger partial charge in [0.15, 0.2) is 6.29 Å². The monoisotopic (exact) mass is 591 g/mol. The van der Waals surface area contributed by atoms with Gasteiger partial charge < -0.3 is 35.0 Å². The van der Waals surface area contributed by atoms with E-state index in [0.29, 0.717) is 60.1 Å². The summed E-state index contributed by atoms with van der Waals surface area (Å²) in [4.78, 5) is 16.5. The lowest BCUT2D eigenvalue weighted by Crippen LogP contribution is -2.67. The predicted octanol–water partition coefficient (Wildman–Crippen LogP) is 1.71. The number of piperidine rings is 2. The molecule has 4 aliphatic carbocycles. The number of Topliss-reactive ketones (excluding diaryl/α,β-unsaturated/α-hetero) is 1. The number of rotatable bonds is 3. The van der Waals surface area contributed by atoms with E-state index in [4.69, 9.17) is 9.47 Å². The smallest absolute Gasteiger partial charge is 0.186 e. The third kappa shape index (κ3) is 4.50. The first kappa shape index (κ1) is 30.0. The van der Waals surface area contributed by atoms with E-state index in [-0.39, 0.29) is 23.5 Å². The van der Waals surface area contributed by atoms with Crippen LogP contribution in [0.4, 0.5) is 0 Å². The molecule has 0 unspecified atom stereocenters. The average molecular weight is 592 g/mol. The van der Waals surface area contributed by atoms with Crippen LogP contribution in [0.1, 0.15) is 78.6 Å². The van der Waals surface area contributed by atoms with E-state index in [9.17, 15) is 30.3 Å². The molecule has 5 N–H and O–H groups in total. The van der Waals surface area contributed by atoms with Crippen molar-refractivity contribution in [3.63, 3.8) is 0 Å². The van der Waals surface area contributed by atoms with Gasteiger partial charge in [0.1, 0.15) is 30.2 Å². The summed E-state index contributed by atoms with van der Waals surface area (Å²) in [7, 11) is 0. The van der Waals surface area contributed by atoms with Crippen molar-refractivity contribution in [2.45, 2.75) is 127 Å². The number of hydrogen-bond acceptors (Lipinski definition) is 9. The van der Waals surface area contributed by atoms with Crippen molar-refractivity contribution in [1.82, 2.24) is 4.90 Å². The van der Waals surface area contributed by atoms with Crippen molar-refractivity contribution in [1.29, 1.82) is 0 Å². The van der Waals surface area contributed by atoms with Crippen LogP contribution in [0.15, 0.2) is 0 Å². The number of carbonyl (C=O) groups excluding carboxylic acids is 1. The topological polar surface area (TPSA) is 140 Å². The maximum absolute atomic E-state index is 13.9. The maximum Gasteiger partial charge on any atom is 0.186 e. The summed E-state index contributed by atoms with van der Waals surface area (Å²) < 4.78 is 11.8. The molecule has 238 valence electrons. The quantitative estimate of drug-likeness (QED) is 0.310. The third-order valence-corrected chi connectivity index (χ3v) is 14.0. The van der Waals surface area contributed by atoms with Crippen LogP contribution in [-0.2, 0) is 14.3 Å². The Kier molecular flexibility index (Phi) is 7.66. The van der Waals surface area contributed by atoms with Gasteiger partial charge in [-0.2, -0.15) is 0 Å². The van der Waals surface area contributed by atoms with Crippen molar-refractivity contribution in [2.24, 2.45) is 52.8 Å². The van der Waals surface area contributed by atoms with E-state index in [0.717, 1.165) is 51.6 Å². The molecule has 4 saturated carbocycles. The molecule has 0 aromatic carbocycles. The number of hydrogen-bond donors (Lipinski definition) is 5. The average Bonchev–Trinajstić information content (AvgIpc) is 3.33. The molecule has 42 heavy (non-hydrogen) atoms. The van der Waals surface area contributed by atoms with Crippen LogP contribution in [0, 0.1) is 52.8 Å². The van der Waals surface area contributed by atoms with Gasteiger partial charge in [-0.05, 0) is 105 Å². The van der Waals surface area contributed by atoms with E-state index < -0.39 is 42.9 Å². The first-order chi connectivity index (χ1) is 19.9. The number of aliphatic hydroxyl groups excluding tert-OH is 4. The Hall–Kier alpha value is -0.650. The van der Waals surface area contributed by atoms with Gasteiger partial charge in [0.05, 0.1) is 18.3 Å². The van der Waals surface area contributed by atoms with Crippen LogP contribution in [0.5, 0.6) is 0 Å². The largest absolute Gasteiger partial charge is 0.394 e. The Morgan fingerprint density at radius 1 is 0.905 bits per heavy atom. The number of ketones is 1. The summed E-state index contributed by atoms with van der Waals surface area (Å²) in [5, 5.41) is 52.4. The predicted molar refractivity (Wildman–Crippen MR) is 153 cm³/mol. The van der Waals surface area contributed by atoms with Gasteiger partial charge in [0.2, 0.25) is 0 Å². The molecule has 0 amide bonds. The van der Waals surface area contributed by atoms with Gasteiger partial charge in [-0.1, -0.05) is 13.8 Å². The van der Waals surface area contributed by atoms with Gasteiger partial charge in [-0.15, -0.1) is 0 Å². The summed E-state index contributed by atoms with van der Waals surface area (Å²) in [5.74, 6) is 3.79. The van der Waals surface area contributed by atoms with Crippen LogP contribution < -0.4 is 0 Å². The second-order valence-corrected chi connectivity index (χ2v) is 16.0. The summed E-state index contributed by atoms with van der Waals surface area (Å²) in [6, 6.07) is 0.276. The molecule has 7 fully saturated rings. The molecule has 0 bridgehead atoms. The maximum atomic E-state index is 13.9. The van der Waals surface area contributed by atoms with Gasteiger partial charge in [-0.25, -0.2) is 0 Å². The second kappa shape index (κ2) is 10.7. The summed E-state index contributed by atoms with van der Waals surface area (Å²) in [6.45, 7) is 8.49. The molecule has 3 heterocycles. The fourth-order valence-corrected chi connectivity index (χ4v) is 11.8. The molecule has 7 aliphatic rings. The minimum absolute atomic E-state index is 0.0958. The van der Waals surface area contributed by atoms with Crippen LogP contribution in [-0.4, -0.2) is 104 Å². The molecule has 7 rings (SSSR count). The van der Waals surface area contributed by atoms with Crippen LogP contribution in [0.25, 0.3) is 0 Å². The molecule has 0 aromatic heterocycles. The van der Waals surface area contributed by atoms with Crippen LogP contribution >= 0.6 is 0 Å². The molecular formula is C33H53NO8. The van der Waals surface area contributed by atoms with E-state index in [1.165, 1.54) is 6.42 Å². The van der Waals surface area contributed by atoms with E-state index in [1.54, 1.807) is 0 Å². The third-order valence-electron chi connectivity index (χ3n) is 14.0. The minimum Gasteiger partial charge on any atom is -0.394 e. The zero-order valence-electron chi connectivity index (χ0n) is 25.6. The first-order valence-electron chi connectivity index (χ1n) is 16.9. The van der Waals surface area contributed by atoms with Crippen molar-refractivity contribution >= 4 is 5.78 Å². The Morgan fingerprint density at radius 2 is 1.69 bits per heavy atom. The molecule has 17 atom stereocenters. The number of aliphatic hydroxyl groups is 5. The SMILES string of the molecule is C[C@H]1CC[C@H]2N(C1)C[C@H]1[C@H]3C[C@H]4[C@@H](CC(=O)[C@H]5C[C@@H](O[C@@H]6O[C@H](CO)[C@@H](O)[C@H](O)[C@H]6O)CC[C@@]54C)[C@@H]3CC[C@H]1[C@]2(C)O. The summed E-state index contributed by atoms with van der Waals surface area (Å²) in [5.41, 5.74) is -0.745. The molecule has 0 aromatic rings. The van der Waals surface area contributed by atoms with Crippen molar-refractivity contribution < 1.29 is 39.8 Å². The number of fused-ring (bicyclic) bond motifs is 8. The Bertz CT molecular complexity index is 1040. The standard InChI is InChI=1S/C33H53NO8/c1-16-4-7-27-33(3,40)22-6-5-18-19(21(22)14-34(27)13-16)11-23-20(18)12-25(36)24-10-17(8-9-32(23,24)2)41-31-30(39)29(38)28(37)26(15-35)42-31/h16-24,26-31,35,37-40H,4-15H2,1-3H3/t16-,17-,18+,19-,20-,21-,22+,23-,24+,26+,27+,28+,29-,30+,31+,32+,33-/m0/s1. The fraction of sp³-hybridized carbons (Fsp3) is 0.970. The van der Waals surface area contributed by atoms with E-state index >= 15 is 0 Å². The van der Waals surface area contributed by atoms with Gasteiger partial charge in [-0.3, -0.25) is 9.69 Å². The number of carbonyl (C=O) groups is 1. The Balaban J connectivity index is 1.07. The molecule has 0 spiro atoms. The zero-order chi connectivity index (χ0) is 29.7. The van der Waals surface area contributed by atoms with Crippen molar-refractivity contribution in [3.8, 4) is 0 Å². The Morgan fingerprint density at radius 3 is 2.45 bits per heavy atom. The minimum atomic E-state index is -1.47. The highest BCUT2D eigenvalue weighted by Gasteiger charge is 2.64. The zero-order valence-corrected chi connectivity index (χ0v) is 25.6. The molecule has 9 heteroatoms. The van der Waals surface area contributed by atoms with Gasteiger partial charge in [0.25, 0.3) is 0 Å². The van der Waals surface area contributed by atoms with E-state index in [2.05, 4.69) is 25.7 Å². The van der Waals surface area contributed by atoms with Gasteiger partial charge in [0, 0.05) is 31.5 Å². The summed E-state index contributed by atoms with van der Waals surface area (Å²) in [6.07, 6.45) is 1.67. The lowest BCUT2D eigenvalue weighted by Gasteiger charge is -2.59. The highest BCUT2D eigenvalue weighted by atomic mass is 16.7. The fourth-order valence-electron chi connectivity index (χ4n) is 11.8. The molecule has 3 aliphatic heterocycles. The summed E-state index contributed by atoms with van der Waals surface area (Å²) >= 11 is 0. The van der Waals surface area contributed by atoms with Crippen molar-refractivity contribution in [2.75, 3.05) is 19.7 Å². The molecular weight excluding hydrogens is 538 g/mol. The molecule has 9 nitrogen and oxygen atoms in total. The van der Waals surface area contributed by atoms with Crippen LogP contribution in [0.2, 0.25) is 0 Å². The normalized spacial score (nSPS) is 57.9. The molecule has 3 saturated heterocycles. The van der Waals surface area contributed by atoms with E-state index in [1.807, 2.05) is 0 Å². The lowest BCUT2D eigenvalue weighted by atomic mass is 9.51. The molecule has 0 radical (unpaired) electrons. The highest BCUT2D eigenvalue weighted by molar-refractivity contribution is 5.83. The number of ether oxygens (including phenoxy) is 2. The first-order valence-corrected chi connectivity index (χ1v) is 16.9. The van der Waals surface area contributed by atoms with Gasteiger partial charge >= 0.3 is 0 Å². The second-order valence-electron chi connectivity index (χ2n) is 16.0. The number of nitrogens with zero attached hydrogens (tertiary/aromatic N) is 1. The van der Waals surface area contributed by atoms with Crippen LogP contribution in [0.3, 0.4) is 0 Å². The Labute approximate surface area is 249 Å². The highest BCUT2D eigenvalue weighted by Crippen LogP contribution is 2.66.